The van der Waals surface area contributed by atoms with Crippen molar-refractivity contribution in [2.45, 2.75) is 65.0 Å². The van der Waals surface area contributed by atoms with Crippen LogP contribution in [0.1, 0.15) is 52.0 Å². The number of carbonyl (C=O) groups is 2. The number of nitrogens with one attached hydrogen (secondary N) is 2. The molecule has 0 aliphatic heterocycles. The second-order valence-corrected chi connectivity index (χ2v) is 8.55. The van der Waals surface area contributed by atoms with Gasteiger partial charge in [-0.1, -0.05) is 18.9 Å². The van der Waals surface area contributed by atoms with Gasteiger partial charge in [0.2, 0.25) is 5.91 Å². The van der Waals surface area contributed by atoms with E-state index in [0.717, 1.165) is 16.5 Å². The molecule has 6 heteroatoms. The Kier molecular flexibility index (Phi) is 6.49. The largest absolute Gasteiger partial charge is 0.444 e. The minimum atomic E-state index is -0.608. The van der Waals surface area contributed by atoms with Gasteiger partial charge < -0.3 is 15.4 Å². The number of benzene rings is 1. The van der Waals surface area contributed by atoms with Crippen LogP contribution in [0, 0.1) is 12.8 Å². The van der Waals surface area contributed by atoms with Crippen molar-refractivity contribution in [3.8, 4) is 0 Å². The maximum atomic E-state index is 12.7. The Balaban J connectivity index is 2.01. The minimum Gasteiger partial charge on any atom is -0.444 e. The molecule has 0 saturated heterocycles. The van der Waals surface area contributed by atoms with Crippen molar-refractivity contribution in [1.29, 1.82) is 0 Å². The third kappa shape index (κ3) is 7.06. The number of hydrogen-bond acceptors (Lipinski definition) is 3. The van der Waals surface area contributed by atoms with E-state index in [4.69, 9.17) is 4.74 Å². The average Bonchev–Trinajstić information content (AvgIpc) is 3.28. The van der Waals surface area contributed by atoms with E-state index >= 15 is 0 Å². The smallest absolute Gasteiger partial charge is 0.408 e. The number of rotatable bonds is 6. The van der Waals surface area contributed by atoms with E-state index in [-0.39, 0.29) is 5.91 Å². The zero-order valence-electron chi connectivity index (χ0n) is 15.3. The Morgan fingerprint density at radius 1 is 1.32 bits per heavy atom. The molecule has 0 heterocycles. The minimum absolute atomic E-state index is 0.226. The fraction of sp³-hybridized carbons (Fsp3) is 0.579. The predicted octanol–water partition coefficient (Wildman–Crippen LogP) is 4.78. The third-order valence-corrected chi connectivity index (χ3v) is 4.61. The van der Waals surface area contributed by atoms with Crippen LogP contribution in [-0.2, 0) is 9.53 Å². The second-order valence-electron chi connectivity index (χ2n) is 7.69. The summed E-state index contributed by atoms with van der Waals surface area (Å²) in [7, 11) is 0. The fourth-order valence-corrected chi connectivity index (χ4v) is 3.06. The quantitative estimate of drug-likeness (QED) is 0.708. The van der Waals surface area contributed by atoms with Crippen LogP contribution in [0.25, 0.3) is 0 Å². The highest BCUT2D eigenvalue weighted by Crippen LogP contribution is 2.34. The van der Waals surface area contributed by atoms with Crippen LogP contribution in [0.3, 0.4) is 0 Å². The molecule has 1 aromatic carbocycles. The third-order valence-electron chi connectivity index (χ3n) is 3.95. The van der Waals surface area contributed by atoms with Crippen molar-refractivity contribution in [1.82, 2.24) is 5.32 Å². The number of amides is 2. The molecule has 1 atom stereocenters. The highest BCUT2D eigenvalue weighted by atomic mass is 79.9. The highest BCUT2D eigenvalue weighted by molar-refractivity contribution is 9.10. The predicted molar refractivity (Wildman–Crippen MR) is 103 cm³/mol. The van der Waals surface area contributed by atoms with E-state index in [2.05, 4.69) is 26.6 Å². The summed E-state index contributed by atoms with van der Waals surface area (Å²) in [6.07, 6.45) is 3.41. The summed E-state index contributed by atoms with van der Waals surface area (Å²) in [5.41, 5.74) is 1.20. The van der Waals surface area contributed by atoms with Crippen LogP contribution in [0.4, 0.5) is 10.5 Å². The maximum Gasteiger partial charge on any atom is 0.408 e. The Morgan fingerprint density at radius 3 is 2.56 bits per heavy atom. The van der Waals surface area contributed by atoms with Gasteiger partial charge >= 0.3 is 6.09 Å². The molecule has 1 fully saturated rings. The standard InChI is InChI=1S/C19H27BrN2O3/c1-12-5-9-15(14(20)11-12)21-17(23)16(10-8-13-6-7-13)22-18(24)25-19(2,3)4/h5,9,11,13,16H,6-8,10H2,1-4H3,(H,21,23)(H,22,24). The van der Waals surface area contributed by atoms with Gasteiger partial charge in [-0.05, 0) is 80.1 Å². The van der Waals surface area contributed by atoms with Gasteiger partial charge in [0.05, 0.1) is 5.69 Å². The highest BCUT2D eigenvalue weighted by Gasteiger charge is 2.28. The molecule has 2 N–H and O–H groups in total. The van der Waals surface area contributed by atoms with E-state index in [1.165, 1.54) is 12.8 Å². The van der Waals surface area contributed by atoms with Crippen molar-refractivity contribution < 1.29 is 14.3 Å². The maximum absolute atomic E-state index is 12.7. The van der Waals surface area contributed by atoms with Crippen LogP contribution in [-0.4, -0.2) is 23.6 Å². The van der Waals surface area contributed by atoms with Crippen molar-refractivity contribution in [3.63, 3.8) is 0 Å². The molecule has 25 heavy (non-hydrogen) atoms. The SMILES string of the molecule is Cc1ccc(NC(=O)C(CCC2CC2)NC(=O)OC(C)(C)C)c(Br)c1. The zero-order chi connectivity index (χ0) is 18.6. The molecule has 1 unspecified atom stereocenters. The molecule has 2 rings (SSSR count). The van der Waals surface area contributed by atoms with Crippen molar-refractivity contribution in [2.24, 2.45) is 5.92 Å². The van der Waals surface area contributed by atoms with Crippen LogP contribution >= 0.6 is 15.9 Å². The van der Waals surface area contributed by atoms with E-state index in [9.17, 15) is 9.59 Å². The van der Waals surface area contributed by atoms with Crippen molar-refractivity contribution >= 4 is 33.6 Å². The summed E-state index contributed by atoms with van der Waals surface area (Å²) in [6.45, 7) is 7.39. The first-order valence-corrected chi connectivity index (χ1v) is 9.50. The molecule has 5 nitrogen and oxygen atoms in total. The zero-order valence-corrected chi connectivity index (χ0v) is 16.9. The molecule has 1 saturated carbocycles. The molecule has 0 aromatic heterocycles. The first kappa shape index (κ1) is 19.8. The molecule has 0 bridgehead atoms. The molecule has 138 valence electrons. The molecule has 1 aliphatic carbocycles. The van der Waals surface area contributed by atoms with Gasteiger partial charge in [-0.3, -0.25) is 4.79 Å². The lowest BCUT2D eigenvalue weighted by molar-refractivity contribution is -0.118. The first-order chi connectivity index (χ1) is 11.6. The summed E-state index contributed by atoms with van der Waals surface area (Å²) in [6, 6.07) is 5.11. The van der Waals surface area contributed by atoms with Gasteiger partial charge in [0, 0.05) is 4.47 Å². The van der Waals surface area contributed by atoms with Crippen LogP contribution in [0.5, 0.6) is 0 Å². The average molecular weight is 411 g/mol. The number of aryl methyl sites for hydroxylation is 1. The molecular formula is C19H27BrN2O3. The summed E-state index contributed by atoms with van der Waals surface area (Å²) >= 11 is 3.46. The van der Waals surface area contributed by atoms with Crippen molar-refractivity contribution in [3.05, 3.63) is 28.2 Å². The van der Waals surface area contributed by atoms with Crippen LogP contribution < -0.4 is 10.6 Å². The van der Waals surface area contributed by atoms with Gasteiger partial charge in [0.25, 0.3) is 0 Å². The number of alkyl carbamates (subject to hydrolysis) is 1. The van der Waals surface area contributed by atoms with E-state index in [0.29, 0.717) is 18.0 Å². The van der Waals surface area contributed by atoms with Crippen LogP contribution in [0.15, 0.2) is 22.7 Å². The Morgan fingerprint density at radius 2 is 2.00 bits per heavy atom. The first-order valence-electron chi connectivity index (χ1n) is 8.70. The van der Waals surface area contributed by atoms with Gasteiger partial charge in [0.1, 0.15) is 11.6 Å². The lowest BCUT2D eigenvalue weighted by Gasteiger charge is -2.23. The Bertz CT molecular complexity index is 636. The van der Waals surface area contributed by atoms with Gasteiger partial charge in [-0.2, -0.15) is 0 Å². The topological polar surface area (TPSA) is 67.4 Å². The molecule has 1 aliphatic rings. The number of anilines is 1. The molecule has 1 aromatic rings. The second kappa shape index (κ2) is 8.21. The lowest BCUT2D eigenvalue weighted by Crippen LogP contribution is -2.45. The van der Waals surface area contributed by atoms with Crippen LogP contribution in [0.2, 0.25) is 0 Å². The summed E-state index contributed by atoms with van der Waals surface area (Å²) in [5.74, 6) is 0.456. The van der Waals surface area contributed by atoms with E-state index in [1.807, 2.05) is 25.1 Å². The fourth-order valence-electron chi connectivity index (χ4n) is 2.47. The van der Waals surface area contributed by atoms with E-state index in [1.54, 1.807) is 20.8 Å². The Hall–Kier alpha value is -1.56. The van der Waals surface area contributed by atoms with Gasteiger partial charge in [0.15, 0.2) is 0 Å². The lowest BCUT2D eigenvalue weighted by atomic mass is 10.1. The summed E-state index contributed by atoms with van der Waals surface area (Å²) < 4.78 is 6.11. The van der Waals surface area contributed by atoms with Crippen molar-refractivity contribution in [2.75, 3.05) is 5.32 Å². The number of hydrogen-bond donors (Lipinski definition) is 2. The molecular weight excluding hydrogens is 384 g/mol. The molecule has 0 radical (unpaired) electrons. The number of carbonyl (C=O) groups excluding carboxylic acids is 2. The van der Waals surface area contributed by atoms with Gasteiger partial charge in [-0.15, -0.1) is 0 Å². The monoisotopic (exact) mass is 410 g/mol. The number of ether oxygens (including phenoxy) is 1. The Labute approximate surface area is 158 Å². The van der Waals surface area contributed by atoms with Gasteiger partial charge in [-0.25, -0.2) is 4.79 Å². The summed E-state index contributed by atoms with van der Waals surface area (Å²) in [4.78, 5) is 24.8. The normalized spacial score (nSPS) is 15.4. The molecule has 0 spiro atoms. The van der Waals surface area contributed by atoms with E-state index < -0.39 is 17.7 Å². The number of halogens is 1. The molecule has 2 amide bonds. The summed E-state index contributed by atoms with van der Waals surface area (Å²) in [5, 5.41) is 5.61.